The Kier molecular flexibility index (Phi) is 6.44. The monoisotopic (exact) mass is 332 g/mol. The van der Waals surface area contributed by atoms with Gasteiger partial charge in [-0.1, -0.05) is 36.4 Å². The highest BCUT2D eigenvalue weighted by atomic mass is 35.5. The Bertz CT molecular complexity index is 628. The van der Waals surface area contributed by atoms with Crippen molar-refractivity contribution in [1.29, 1.82) is 0 Å². The maximum atomic E-state index is 12.4. The van der Waals surface area contributed by atoms with Gasteiger partial charge in [0.25, 0.3) is 5.91 Å². The predicted octanol–water partition coefficient (Wildman–Crippen LogP) is 2.78. The van der Waals surface area contributed by atoms with Gasteiger partial charge in [-0.25, -0.2) is 0 Å². The lowest BCUT2D eigenvalue weighted by molar-refractivity contribution is 0.0937. The maximum absolute atomic E-state index is 12.4. The number of carbonyl (C=O) groups excluding carboxylic acids is 1. The SMILES string of the molecule is Cl.O=C(NC1CCNC1)c1ccccc1COc1ccccc1. The zero-order valence-corrected chi connectivity index (χ0v) is 13.6. The fraction of sp³-hybridized carbons (Fsp3) is 0.278. The molecule has 122 valence electrons. The fourth-order valence-corrected chi connectivity index (χ4v) is 2.59. The van der Waals surface area contributed by atoms with Crippen LogP contribution in [0.3, 0.4) is 0 Å². The van der Waals surface area contributed by atoms with Crippen LogP contribution in [0.25, 0.3) is 0 Å². The molecule has 1 aliphatic heterocycles. The van der Waals surface area contributed by atoms with Crippen LogP contribution in [0.1, 0.15) is 22.3 Å². The summed E-state index contributed by atoms with van der Waals surface area (Å²) >= 11 is 0. The highest BCUT2D eigenvalue weighted by Crippen LogP contribution is 2.15. The molecule has 0 spiro atoms. The summed E-state index contributed by atoms with van der Waals surface area (Å²) in [5, 5.41) is 6.33. The molecular weight excluding hydrogens is 312 g/mol. The number of ether oxygens (including phenoxy) is 1. The molecule has 1 fully saturated rings. The molecule has 1 amide bonds. The Balaban J connectivity index is 0.00000192. The van der Waals surface area contributed by atoms with Gasteiger partial charge in [-0.05, 0) is 31.2 Å². The molecule has 23 heavy (non-hydrogen) atoms. The number of halogens is 1. The highest BCUT2D eigenvalue weighted by Gasteiger charge is 2.19. The van der Waals surface area contributed by atoms with Crippen LogP contribution in [-0.4, -0.2) is 25.0 Å². The summed E-state index contributed by atoms with van der Waals surface area (Å²) in [6.07, 6.45) is 0.981. The molecule has 1 saturated heterocycles. The van der Waals surface area contributed by atoms with E-state index in [9.17, 15) is 4.79 Å². The Hall–Kier alpha value is -2.04. The molecular formula is C18H21ClN2O2. The first-order valence-electron chi connectivity index (χ1n) is 7.60. The number of carbonyl (C=O) groups is 1. The molecule has 0 aromatic heterocycles. The van der Waals surface area contributed by atoms with Gasteiger partial charge >= 0.3 is 0 Å². The molecule has 4 nitrogen and oxygen atoms in total. The first-order chi connectivity index (χ1) is 10.8. The van der Waals surface area contributed by atoms with Crippen LogP contribution < -0.4 is 15.4 Å². The minimum absolute atomic E-state index is 0. The molecule has 2 N–H and O–H groups in total. The summed E-state index contributed by atoms with van der Waals surface area (Å²) in [5.74, 6) is 0.777. The number of hydrogen-bond acceptors (Lipinski definition) is 3. The third-order valence-electron chi connectivity index (χ3n) is 3.80. The van der Waals surface area contributed by atoms with Gasteiger partial charge in [0.15, 0.2) is 0 Å². The normalized spacial score (nSPS) is 16.4. The molecule has 0 saturated carbocycles. The molecule has 1 aliphatic rings. The van der Waals surface area contributed by atoms with Gasteiger partial charge < -0.3 is 15.4 Å². The van der Waals surface area contributed by atoms with Gasteiger partial charge in [-0.3, -0.25) is 4.79 Å². The summed E-state index contributed by atoms with van der Waals surface area (Å²) in [6.45, 7) is 2.19. The first kappa shape index (κ1) is 17.3. The molecule has 0 bridgehead atoms. The standard InChI is InChI=1S/C18H20N2O2.ClH/c21-18(20-15-10-11-19-12-15)17-9-5-4-6-14(17)13-22-16-7-2-1-3-8-16;/h1-9,15,19H,10-13H2,(H,20,21);1H. The molecule has 5 heteroatoms. The number of hydrogen-bond donors (Lipinski definition) is 2. The number of para-hydroxylation sites is 1. The van der Waals surface area contributed by atoms with Crippen molar-refractivity contribution in [1.82, 2.24) is 10.6 Å². The number of benzene rings is 2. The number of amides is 1. The number of rotatable bonds is 5. The molecule has 1 heterocycles. The molecule has 0 aliphatic carbocycles. The van der Waals surface area contributed by atoms with Crippen molar-refractivity contribution < 1.29 is 9.53 Å². The van der Waals surface area contributed by atoms with Gasteiger partial charge in [0, 0.05) is 23.7 Å². The van der Waals surface area contributed by atoms with Crippen LogP contribution in [0.2, 0.25) is 0 Å². The lowest BCUT2D eigenvalue weighted by Gasteiger charge is -2.14. The van der Waals surface area contributed by atoms with Gasteiger partial charge in [0.05, 0.1) is 0 Å². The smallest absolute Gasteiger partial charge is 0.251 e. The Morgan fingerprint density at radius 2 is 1.87 bits per heavy atom. The molecule has 2 aromatic carbocycles. The Morgan fingerprint density at radius 1 is 1.13 bits per heavy atom. The van der Waals surface area contributed by atoms with E-state index in [1.807, 2.05) is 54.6 Å². The zero-order valence-electron chi connectivity index (χ0n) is 12.8. The van der Waals surface area contributed by atoms with Crippen LogP contribution in [0.15, 0.2) is 54.6 Å². The van der Waals surface area contributed by atoms with Crippen molar-refractivity contribution in [2.24, 2.45) is 0 Å². The second-order valence-electron chi connectivity index (χ2n) is 5.42. The zero-order chi connectivity index (χ0) is 15.2. The topological polar surface area (TPSA) is 50.4 Å². The summed E-state index contributed by atoms with van der Waals surface area (Å²) in [4.78, 5) is 12.4. The van der Waals surface area contributed by atoms with Crippen molar-refractivity contribution in [3.05, 3.63) is 65.7 Å². The van der Waals surface area contributed by atoms with Crippen molar-refractivity contribution in [2.45, 2.75) is 19.1 Å². The van der Waals surface area contributed by atoms with E-state index in [-0.39, 0.29) is 24.4 Å². The third-order valence-corrected chi connectivity index (χ3v) is 3.80. The van der Waals surface area contributed by atoms with E-state index in [2.05, 4.69) is 10.6 Å². The van der Waals surface area contributed by atoms with Gasteiger partial charge in [0.2, 0.25) is 0 Å². The van der Waals surface area contributed by atoms with E-state index < -0.39 is 0 Å². The first-order valence-corrected chi connectivity index (χ1v) is 7.60. The third kappa shape index (κ3) is 4.71. The van der Waals surface area contributed by atoms with Crippen molar-refractivity contribution in [3.8, 4) is 5.75 Å². The quantitative estimate of drug-likeness (QED) is 0.885. The Morgan fingerprint density at radius 3 is 2.61 bits per heavy atom. The summed E-state index contributed by atoms with van der Waals surface area (Å²) < 4.78 is 5.76. The molecule has 1 unspecified atom stereocenters. The van der Waals surface area contributed by atoms with Crippen LogP contribution in [-0.2, 0) is 6.61 Å². The summed E-state index contributed by atoms with van der Waals surface area (Å²) in [5.41, 5.74) is 1.58. The average molecular weight is 333 g/mol. The maximum Gasteiger partial charge on any atom is 0.251 e. The van der Waals surface area contributed by atoms with E-state index in [0.717, 1.165) is 30.8 Å². The minimum atomic E-state index is -0.0269. The van der Waals surface area contributed by atoms with E-state index in [1.54, 1.807) is 0 Å². The van der Waals surface area contributed by atoms with E-state index in [0.29, 0.717) is 12.2 Å². The fourth-order valence-electron chi connectivity index (χ4n) is 2.59. The summed E-state index contributed by atoms with van der Waals surface area (Å²) in [7, 11) is 0. The second-order valence-corrected chi connectivity index (χ2v) is 5.42. The van der Waals surface area contributed by atoms with Crippen LogP contribution in [0, 0.1) is 0 Å². The van der Waals surface area contributed by atoms with Crippen LogP contribution in [0.4, 0.5) is 0 Å². The lowest BCUT2D eigenvalue weighted by Crippen LogP contribution is -2.36. The van der Waals surface area contributed by atoms with Crippen molar-refractivity contribution >= 4 is 18.3 Å². The predicted molar refractivity (Wildman–Crippen MR) is 93.2 cm³/mol. The van der Waals surface area contributed by atoms with E-state index in [1.165, 1.54) is 0 Å². The highest BCUT2D eigenvalue weighted by molar-refractivity contribution is 5.95. The van der Waals surface area contributed by atoms with E-state index >= 15 is 0 Å². The minimum Gasteiger partial charge on any atom is -0.489 e. The van der Waals surface area contributed by atoms with Gasteiger partial charge in [0.1, 0.15) is 12.4 Å². The van der Waals surface area contributed by atoms with Gasteiger partial charge in [-0.2, -0.15) is 0 Å². The van der Waals surface area contributed by atoms with Crippen molar-refractivity contribution in [3.63, 3.8) is 0 Å². The molecule has 2 aromatic rings. The van der Waals surface area contributed by atoms with E-state index in [4.69, 9.17) is 4.74 Å². The summed E-state index contributed by atoms with van der Waals surface area (Å²) in [6, 6.07) is 17.4. The molecule has 0 radical (unpaired) electrons. The largest absolute Gasteiger partial charge is 0.489 e. The van der Waals surface area contributed by atoms with Crippen molar-refractivity contribution in [2.75, 3.05) is 13.1 Å². The molecule has 1 atom stereocenters. The second kappa shape index (κ2) is 8.56. The average Bonchev–Trinajstić information content (AvgIpc) is 3.07. The number of nitrogens with one attached hydrogen (secondary N) is 2. The van der Waals surface area contributed by atoms with Crippen LogP contribution in [0.5, 0.6) is 5.75 Å². The van der Waals surface area contributed by atoms with Gasteiger partial charge in [-0.15, -0.1) is 12.4 Å². The lowest BCUT2D eigenvalue weighted by atomic mass is 10.1. The molecule has 3 rings (SSSR count). The Labute approximate surface area is 142 Å². The van der Waals surface area contributed by atoms with Crippen LogP contribution >= 0.6 is 12.4 Å².